The lowest BCUT2D eigenvalue weighted by Crippen LogP contribution is -2.37. The van der Waals surface area contributed by atoms with E-state index in [4.69, 9.17) is 5.11 Å². The van der Waals surface area contributed by atoms with E-state index in [1.807, 2.05) is 0 Å². The molecule has 1 aliphatic carbocycles. The Morgan fingerprint density at radius 3 is 2.68 bits per heavy atom. The molecule has 6 heteroatoms. The van der Waals surface area contributed by atoms with Crippen molar-refractivity contribution in [3.63, 3.8) is 0 Å². The number of sulfonamides is 1. The van der Waals surface area contributed by atoms with Gasteiger partial charge in [0.15, 0.2) is 0 Å². The third-order valence-electron chi connectivity index (χ3n) is 3.36. The summed E-state index contributed by atoms with van der Waals surface area (Å²) in [4.78, 5) is 0.0949. The van der Waals surface area contributed by atoms with Crippen LogP contribution in [-0.2, 0) is 10.0 Å². The van der Waals surface area contributed by atoms with Crippen LogP contribution in [0.15, 0.2) is 23.1 Å². The van der Waals surface area contributed by atoms with E-state index < -0.39 is 15.8 Å². The standard InChI is InChI=1S/C13H18FNO3S/c1-9-8-11(14)4-5-13(9)19(17,18)15-12(6-7-16)10-2-3-10/h4-5,8,10,12,15-16H,2-3,6-7H2,1H3. The highest BCUT2D eigenvalue weighted by Gasteiger charge is 2.34. The van der Waals surface area contributed by atoms with Gasteiger partial charge in [-0.1, -0.05) is 0 Å². The summed E-state index contributed by atoms with van der Waals surface area (Å²) >= 11 is 0. The second-order valence-corrected chi connectivity index (χ2v) is 6.67. The lowest BCUT2D eigenvalue weighted by atomic mass is 10.1. The molecule has 0 spiro atoms. The van der Waals surface area contributed by atoms with Gasteiger partial charge in [-0.3, -0.25) is 0 Å². The zero-order chi connectivity index (χ0) is 14.0. The van der Waals surface area contributed by atoms with Gasteiger partial charge in [0, 0.05) is 12.6 Å². The second kappa shape index (κ2) is 5.56. The number of aliphatic hydroxyl groups excluding tert-OH is 1. The average Bonchev–Trinajstić information content (AvgIpc) is 3.11. The summed E-state index contributed by atoms with van der Waals surface area (Å²) in [6, 6.07) is 3.38. The third-order valence-corrected chi connectivity index (χ3v) is 5.01. The lowest BCUT2D eigenvalue weighted by molar-refractivity contribution is 0.265. The van der Waals surface area contributed by atoms with Crippen LogP contribution in [-0.4, -0.2) is 26.2 Å². The molecule has 2 rings (SSSR count). The molecule has 19 heavy (non-hydrogen) atoms. The van der Waals surface area contributed by atoms with Crippen molar-refractivity contribution in [3.05, 3.63) is 29.6 Å². The molecule has 1 fully saturated rings. The summed E-state index contributed by atoms with van der Waals surface area (Å²) in [6.07, 6.45) is 2.37. The number of benzene rings is 1. The van der Waals surface area contributed by atoms with Crippen LogP contribution in [0.4, 0.5) is 4.39 Å². The molecule has 0 aliphatic heterocycles. The van der Waals surface area contributed by atoms with Crippen LogP contribution in [0.1, 0.15) is 24.8 Å². The van der Waals surface area contributed by atoms with Crippen molar-refractivity contribution in [2.75, 3.05) is 6.61 Å². The zero-order valence-corrected chi connectivity index (χ0v) is 11.6. The first-order valence-electron chi connectivity index (χ1n) is 6.33. The zero-order valence-electron chi connectivity index (χ0n) is 10.8. The summed E-state index contributed by atoms with van der Waals surface area (Å²) < 4.78 is 40.2. The van der Waals surface area contributed by atoms with Crippen LogP contribution in [0.25, 0.3) is 0 Å². The van der Waals surface area contributed by atoms with Crippen LogP contribution in [0, 0.1) is 18.7 Å². The Hall–Kier alpha value is -0.980. The summed E-state index contributed by atoms with van der Waals surface area (Å²) in [5.74, 6) is -0.145. The first kappa shape index (κ1) is 14.4. The van der Waals surface area contributed by atoms with E-state index in [-0.39, 0.29) is 17.5 Å². The summed E-state index contributed by atoms with van der Waals surface area (Å²) in [5, 5.41) is 8.99. The minimum Gasteiger partial charge on any atom is -0.396 e. The number of halogens is 1. The molecule has 0 amide bonds. The minimum absolute atomic E-state index is 0.0495. The molecule has 0 radical (unpaired) electrons. The first-order chi connectivity index (χ1) is 8.94. The summed E-state index contributed by atoms with van der Waals surface area (Å²) in [5.41, 5.74) is 0.381. The molecule has 1 atom stereocenters. The molecular weight excluding hydrogens is 269 g/mol. The summed E-state index contributed by atoms with van der Waals surface area (Å²) in [7, 11) is -3.66. The third kappa shape index (κ3) is 3.52. The van der Waals surface area contributed by atoms with Crippen LogP contribution >= 0.6 is 0 Å². The van der Waals surface area contributed by atoms with Crippen molar-refractivity contribution in [3.8, 4) is 0 Å². The van der Waals surface area contributed by atoms with Gasteiger partial charge in [0.1, 0.15) is 5.82 Å². The Bertz CT molecular complexity index is 555. The molecular formula is C13H18FNO3S. The number of hydrogen-bond donors (Lipinski definition) is 2. The number of nitrogens with one attached hydrogen (secondary N) is 1. The molecule has 1 aromatic rings. The van der Waals surface area contributed by atoms with Crippen molar-refractivity contribution < 1.29 is 17.9 Å². The largest absolute Gasteiger partial charge is 0.396 e. The number of aryl methyl sites for hydroxylation is 1. The normalized spacial score (nSPS) is 17.4. The molecule has 1 saturated carbocycles. The first-order valence-corrected chi connectivity index (χ1v) is 7.81. The fourth-order valence-corrected chi connectivity index (χ4v) is 3.77. The minimum atomic E-state index is -3.66. The molecule has 1 aliphatic rings. The van der Waals surface area contributed by atoms with Crippen LogP contribution in [0.3, 0.4) is 0 Å². The second-order valence-electron chi connectivity index (χ2n) is 4.99. The van der Waals surface area contributed by atoms with Gasteiger partial charge < -0.3 is 5.11 Å². The molecule has 1 unspecified atom stereocenters. The maximum absolute atomic E-state index is 13.0. The van der Waals surface area contributed by atoms with Gasteiger partial charge in [-0.15, -0.1) is 0 Å². The predicted molar refractivity (Wildman–Crippen MR) is 69.7 cm³/mol. The highest BCUT2D eigenvalue weighted by atomic mass is 32.2. The number of aliphatic hydroxyl groups is 1. The van der Waals surface area contributed by atoms with E-state index in [2.05, 4.69) is 4.72 Å². The van der Waals surface area contributed by atoms with E-state index in [0.29, 0.717) is 17.9 Å². The highest BCUT2D eigenvalue weighted by molar-refractivity contribution is 7.89. The number of rotatable bonds is 6. The van der Waals surface area contributed by atoms with E-state index in [0.717, 1.165) is 18.9 Å². The van der Waals surface area contributed by atoms with Gasteiger partial charge in [-0.2, -0.15) is 0 Å². The van der Waals surface area contributed by atoms with E-state index in [1.54, 1.807) is 6.92 Å². The Morgan fingerprint density at radius 2 is 2.16 bits per heavy atom. The molecule has 0 heterocycles. The molecule has 4 nitrogen and oxygen atoms in total. The maximum Gasteiger partial charge on any atom is 0.241 e. The average molecular weight is 287 g/mol. The summed E-state index contributed by atoms with van der Waals surface area (Å²) in [6.45, 7) is 1.52. The van der Waals surface area contributed by atoms with Crippen molar-refractivity contribution in [1.82, 2.24) is 4.72 Å². The van der Waals surface area contributed by atoms with Gasteiger partial charge in [0.25, 0.3) is 0 Å². The van der Waals surface area contributed by atoms with Gasteiger partial charge in [0.05, 0.1) is 4.90 Å². The molecule has 0 bridgehead atoms. The predicted octanol–water partition coefficient (Wildman–Crippen LogP) is 1.57. The fraction of sp³-hybridized carbons (Fsp3) is 0.538. The highest BCUT2D eigenvalue weighted by Crippen LogP contribution is 2.34. The smallest absolute Gasteiger partial charge is 0.241 e. The fourth-order valence-electron chi connectivity index (χ4n) is 2.21. The van der Waals surface area contributed by atoms with Crippen molar-refractivity contribution in [2.45, 2.75) is 37.1 Å². The maximum atomic E-state index is 13.0. The van der Waals surface area contributed by atoms with Crippen LogP contribution < -0.4 is 4.72 Å². The van der Waals surface area contributed by atoms with Gasteiger partial charge in [-0.05, 0) is 55.9 Å². The van der Waals surface area contributed by atoms with E-state index in [1.165, 1.54) is 12.1 Å². The van der Waals surface area contributed by atoms with Gasteiger partial charge >= 0.3 is 0 Å². The molecule has 106 valence electrons. The SMILES string of the molecule is Cc1cc(F)ccc1S(=O)(=O)NC(CCO)C1CC1. The van der Waals surface area contributed by atoms with Crippen LogP contribution in [0.5, 0.6) is 0 Å². The van der Waals surface area contributed by atoms with E-state index >= 15 is 0 Å². The molecule has 0 aromatic heterocycles. The quantitative estimate of drug-likeness (QED) is 0.834. The van der Waals surface area contributed by atoms with E-state index in [9.17, 15) is 12.8 Å². The van der Waals surface area contributed by atoms with Crippen molar-refractivity contribution in [2.24, 2.45) is 5.92 Å². The Kier molecular flexibility index (Phi) is 4.23. The molecule has 0 saturated heterocycles. The lowest BCUT2D eigenvalue weighted by Gasteiger charge is -2.18. The van der Waals surface area contributed by atoms with Gasteiger partial charge in [0.2, 0.25) is 10.0 Å². The Morgan fingerprint density at radius 1 is 1.47 bits per heavy atom. The Balaban J connectivity index is 2.21. The monoisotopic (exact) mass is 287 g/mol. The molecule has 1 aromatic carbocycles. The topological polar surface area (TPSA) is 66.4 Å². The van der Waals surface area contributed by atoms with Crippen molar-refractivity contribution in [1.29, 1.82) is 0 Å². The van der Waals surface area contributed by atoms with Gasteiger partial charge in [-0.25, -0.2) is 17.5 Å². The number of hydrogen-bond acceptors (Lipinski definition) is 3. The molecule has 2 N–H and O–H groups in total. The van der Waals surface area contributed by atoms with Crippen LogP contribution in [0.2, 0.25) is 0 Å². The van der Waals surface area contributed by atoms with Crippen molar-refractivity contribution >= 4 is 10.0 Å². The Labute approximate surface area is 112 Å².